The zero-order valence-electron chi connectivity index (χ0n) is 16.1. The van der Waals surface area contributed by atoms with E-state index in [2.05, 4.69) is 4.98 Å². The summed E-state index contributed by atoms with van der Waals surface area (Å²) < 4.78 is 5.39. The molecule has 0 saturated carbocycles. The molecule has 0 radical (unpaired) electrons. The van der Waals surface area contributed by atoms with Crippen LogP contribution < -0.4 is 0 Å². The molecule has 1 aromatic rings. The van der Waals surface area contributed by atoms with E-state index in [1.807, 2.05) is 44.2 Å². The second-order valence-electron chi connectivity index (χ2n) is 8.43. The van der Waals surface area contributed by atoms with Crippen LogP contribution in [0, 0.1) is 11.8 Å². The monoisotopic (exact) mass is 379 g/mol. The predicted octanol–water partition coefficient (Wildman–Crippen LogP) is 3.35. The van der Waals surface area contributed by atoms with Gasteiger partial charge in [0.05, 0.1) is 5.01 Å². The van der Waals surface area contributed by atoms with Crippen LogP contribution in [-0.4, -0.2) is 58.6 Å². The van der Waals surface area contributed by atoms with Gasteiger partial charge in [0.15, 0.2) is 0 Å². The summed E-state index contributed by atoms with van der Waals surface area (Å²) in [4.78, 5) is 33.1. The number of carbonyl (C=O) groups is 2. The van der Waals surface area contributed by atoms with Gasteiger partial charge in [0.2, 0.25) is 5.91 Å². The Balaban J connectivity index is 1.50. The first kappa shape index (κ1) is 19.1. The molecular formula is C19H29N3O3S. The average Bonchev–Trinajstić information content (AvgIpc) is 3.05. The summed E-state index contributed by atoms with van der Waals surface area (Å²) in [6.07, 6.45) is 3.68. The minimum atomic E-state index is -0.484. The summed E-state index contributed by atoms with van der Waals surface area (Å²) in [6, 6.07) is 0. The first-order chi connectivity index (χ1) is 12.2. The third-order valence-corrected chi connectivity index (χ3v) is 6.13. The van der Waals surface area contributed by atoms with Gasteiger partial charge in [-0.05, 0) is 33.6 Å². The Kier molecular flexibility index (Phi) is 5.55. The molecule has 3 rings (SSSR count). The summed E-state index contributed by atoms with van der Waals surface area (Å²) in [5, 5.41) is 3.13. The quantitative estimate of drug-likeness (QED) is 0.808. The summed E-state index contributed by atoms with van der Waals surface area (Å²) >= 11 is 1.67. The SMILES string of the molecule is C[C@@H](C(=O)N1CCC[C@H](c2nccs2)C1)C1CN(C(=O)OC(C)(C)C)C1. The second kappa shape index (κ2) is 7.55. The lowest BCUT2D eigenvalue weighted by Crippen LogP contribution is -2.56. The van der Waals surface area contributed by atoms with Crippen LogP contribution in [0.15, 0.2) is 11.6 Å². The molecule has 0 spiro atoms. The Morgan fingerprint density at radius 3 is 2.62 bits per heavy atom. The number of hydrogen-bond acceptors (Lipinski definition) is 5. The van der Waals surface area contributed by atoms with Crippen molar-refractivity contribution in [1.29, 1.82) is 0 Å². The fourth-order valence-corrected chi connectivity index (χ4v) is 4.38. The van der Waals surface area contributed by atoms with Gasteiger partial charge in [0.25, 0.3) is 0 Å². The molecule has 2 aliphatic heterocycles. The fraction of sp³-hybridized carbons (Fsp3) is 0.737. The molecule has 6 nitrogen and oxygen atoms in total. The molecule has 0 N–H and O–H groups in total. The molecule has 2 aliphatic rings. The topological polar surface area (TPSA) is 62.7 Å². The van der Waals surface area contributed by atoms with Crippen LogP contribution in [0.3, 0.4) is 0 Å². The summed E-state index contributed by atoms with van der Waals surface area (Å²) in [7, 11) is 0. The number of ether oxygens (including phenoxy) is 1. The Hall–Kier alpha value is -1.63. The van der Waals surface area contributed by atoms with Crippen molar-refractivity contribution in [2.24, 2.45) is 11.8 Å². The third kappa shape index (κ3) is 4.37. The van der Waals surface area contributed by atoms with Crippen molar-refractivity contribution in [3.63, 3.8) is 0 Å². The van der Waals surface area contributed by atoms with E-state index < -0.39 is 5.60 Å². The minimum absolute atomic E-state index is 0.0660. The lowest BCUT2D eigenvalue weighted by atomic mass is 9.85. The van der Waals surface area contributed by atoms with Gasteiger partial charge < -0.3 is 14.5 Å². The van der Waals surface area contributed by atoms with E-state index in [0.29, 0.717) is 19.0 Å². The number of aromatic nitrogens is 1. The third-order valence-electron chi connectivity index (χ3n) is 5.19. The van der Waals surface area contributed by atoms with Gasteiger partial charge in [-0.25, -0.2) is 9.78 Å². The maximum absolute atomic E-state index is 12.9. The van der Waals surface area contributed by atoms with E-state index >= 15 is 0 Å². The molecule has 0 aromatic carbocycles. The summed E-state index contributed by atoms with van der Waals surface area (Å²) in [6.45, 7) is 10.4. The van der Waals surface area contributed by atoms with Crippen molar-refractivity contribution in [2.45, 2.75) is 52.1 Å². The molecule has 3 heterocycles. The number of hydrogen-bond donors (Lipinski definition) is 0. The largest absolute Gasteiger partial charge is 0.444 e. The Morgan fingerprint density at radius 1 is 1.27 bits per heavy atom. The zero-order chi connectivity index (χ0) is 18.9. The minimum Gasteiger partial charge on any atom is -0.444 e. The number of nitrogens with zero attached hydrogens (tertiary/aromatic N) is 3. The van der Waals surface area contributed by atoms with Crippen LogP contribution in [0.4, 0.5) is 4.79 Å². The van der Waals surface area contributed by atoms with Crippen LogP contribution in [0.2, 0.25) is 0 Å². The van der Waals surface area contributed by atoms with Crippen molar-refractivity contribution in [2.75, 3.05) is 26.2 Å². The number of piperidine rings is 1. The summed E-state index contributed by atoms with van der Waals surface area (Å²) in [5.74, 6) is 0.721. The summed E-state index contributed by atoms with van der Waals surface area (Å²) in [5.41, 5.74) is -0.484. The smallest absolute Gasteiger partial charge is 0.410 e. The standard InChI is InChI=1S/C19H29N3O3S/c1-13(15-11-22(12-15)18(24)25-19(2,3)4)17(23)21-8-5-6-14(10-21)16-20-7-9-26-16/h7,9,13-15H,5-6,8,10-12H2,1-4H3/t13-,14+/m1/s1. The van der Waals surface area contributed by atoms with Gasteiger partial charge in [0.1, 0.15) is 5.60 Å². The van der Waals surface area contributed by atoms with E-state index in [4.69, 9.17) is 4.74 Å². The van der Waals surface area contributed by atoms with Crippen molar-refractivity contribution < 1.29 is 14.3 Å². The number of amides is 2. The van der Waals surface area contributed by atoms with E-state index in [9.17, 15) is 9.59 Å². The Bertz CT molecular complexity index is 635. The number of thiazole rings is 1. The highest BCUT2D eigenvalue weighted by atomic mass is 32.1. The molecule has 26 heavy (non-hydrogen) atoms. The van der Waals surface area contributed by atoms with Gasteiger partial charge >= 0.3 is 6.09 Å². The van der Waals surface area contributed by atoms with Crippen molar-refractivity contribution in [3.05, 3.63) is 16.6 Å². The predicted molar refractivity (Wildman–Crippen MR) is 101 cm³/mol. The number of carbonyl (C=O) groups excluding carboxylic acids is 2. The van der Waals surface area contributed by atoms with Crippen molar-refractivity contribution >= 4 is 23.3 Å². The van der Waals surface area contributed by atoms with Crippen LogP contribution in [0.1, 0.15) is 51.5 Å². The fourth-order valence-electron chi connectivity index (χ4n) is 3.61. The van der Waals surface area contributed by atoms with Crippen LogP contribution in [0.5, 0.6) is 0 Å². The molecule has 144 valence electrons. The first-order valence-electron chi connectivity index (χ1n) is 9.40. The maximum atomic E-state index is 12.9. The average molecular weight is 380 g/mol. The Morgan fingerprint density at radius 2 is 2.00 bits per heavy atom. The van der Waals surface area contributed by atoms with Crippen molar-refractivity contribution in [3.8, 4) is 0 Å². The van der Waals surface area contributed by atoms with Crippen LogP contribution >= 0.6 is 11.3 Å². The molecule has 2 amide bonds. The molecule has 2 atom stereocenters. The highest BCUT2D eigenvalue weighted by Crippen LogP contribution is 2.31. The van der Waals surface area contributed by atoms with Gasteiger partial charge in [-0.2, -0.15) is 0 Å². The second-order valence-corrected chi connectivity index (χ2v) is 9.35. The van der Waals surface area contributed by atoms with Gasteiger partial charge in [-0.1, -0.05) is 6.92 Å². The lowest BCUT2D eigenvalue weighted by Gasteiger charge is -2.43. The van der Waals surface area contributed by atoms with Crippen molar-refractivity contribution in [1.82, 2.24) is 14.8 Å². The van der Waals surface area contributed by atoms with E-state index in [-0.39, 0.29) is 23.8 Å². The Labute approximate surface area is 159 Å². The van der Waals surface area contributed by atoms with Crippen LogP contribution in [-0.2, 0) is 9.53 Å². The molecule has 2 fully saturated rings. The molecule has 0 unspecified atom stereocenters. The maximum Gasteiger partial charge on any atom is 0.410 e. The van der Waals surface area contributed by atoms with Gasteiger partial charge in [-0.15, -0.1) is 11.3 Å². The highest BCUT2D eigenvalue weighted by molar-refractivity contribution is 7.09. The van der Waals surface area contributed by atoms with E-state index in [1.54, 1.807) is 16.2 Å². The molecular weight excluding hydrogens is 350 g/mol. The lowest BCUT2D eigenvalue weighted by molar-refractivity contribution is -0.140. The molecule has 2 saturated heterocycles. The molecule has 0 aliphatic carbocycles. The van der Waals surface area contributed by atoms with Crippen LogP contribution in [0.25, 0.3) is 0 Å². The number of likely N-dealkylation sites (tertiary alicyclic amines) is 2. The van der Waals surface area contributed by atoms with E-state index in [1.165, 1.54) is 0 Å². The number of rotatable bonds is 3. The highest BCUT2D eigenvalue weighted by Gasteiger charge is 2.40. The normalized spacial score (nSPS) is 22.7. The van der Waals surface area contributed by atoms with Gasteiger partial charge in [0, 0.05) is 55.5 Å². The molecule has 1 aromatic heterocycles. The molecule has 0 bridgehead atoms. The molecule has 7 heteroatoms. The first-order valence-corrected chi connectivity index (χ1v) is 10.3. The van der Waals surface area contributed by atoms with Gasteiger partial charge in [-0.3, -0.25) is 4.79 Å². The zero-order valence-corrected chi connectivity index (χ0v) is 16.9. The van der Waals surface area contributed by atoms with E-state index in [0.717, 1.165) is 30.9 Å².